The first-order chi connectivity index (χ1) is 6.22. The van der Waals surface area contributed by atoms with Gasteiger partial charge in [0.2, 0.25) is 0 Å². The number of Topliss-reactive ketones (excluding diaryl/α,β-unsaturated/α-hetero) is 1. The summed E-state index contributed by atoms with van der Waals surface area (Å²) in [5, 5.41) is 1.44. The van der Waals surface area contributed by atoms with Gasteiger partial charge in [-0.1, -0.05) is 39.7 Å². The summed E-state index contributed by atoms with van der Waals surface area (Å²) in [5.74, 6) is 0.249. The maximum atomic E-state index is 11.2. The SMILES string of the molecule is O=C(CCBr)Cc1ccc(Cl)cc1. The van der Waals surface area contributed by atoms with Crippen LogP contribution < -0.4 is 0 Å². The predicted molar refractivity (Wildman–Crippen MR) is 58.6 cm³/mol. The van der Waals surface area contributed by atoms with Crippen LogP contribution in [0.25, 0.3) is 0 Å². The van der Waals surface area contributed by atoms with Crippen molar-refractivity contribution in [3.05, 3.63) is 34.9 Å². The first kappa shape index (κ1) is 10.7. The van der Waals surface area contributed by atoms with Crippen LogP contribution in [0.5, 0.6) is 0 Å². The van der Waals surface area contributed by atoms with Crippen molar-refractivity contribution in [3.8, 4) is 0 Å². The third-order valence-electron chi connectivity index (χ3n) is 1.69. The summed E-state index contributed by atoms with van der Waals surface area (Å²) >= 11 is 8.95. The molecule has 0 aromatic heterocycles. The van der Waals surface area contributed by atoms with Crippen molar-refractivity contribution in [1.29, 1.82) is 0 Å². The zero-order chi connectivity index (χ0) is 9.68. The maximum absolute atomic E-state index is 11.2. The Bertz CT molecular complexity index is 281. The van der Waals surface area contributed by atoms with Crippen molar-refractivity contribution in [2.24, 2.45) is 0 Å². The van der Waals surface area contributed by atoms with Crippen molar-refractivity contribution in [2.75, 3.05) is 5.33 Å². The lowest BCUT2D eigenvalue weighted by atomic mass is 10.1. The molecule has 0 aliphatic rings. The van der Waals surface area contributed by atoms with Gasteiger partial charge in [-0.3, -0.25) is 4.79 Å². The number of carbonyl (C=O) groups is 1. The van der Waals surface area contributed by atoms with Crippen molar-refractivity contribution >= 4 is 33.3 Å². The van der Waals surface area contributed by atoms with Gasteiger partial charge in [0.25, 0.3) is 0 Å². The molecule has 0 aliphatic heterocycles. The zero-order valence-corrected chi connectivity index (χ0v) is 9.44. The molecule has 0 heterocycles. The number of ketones is 1. The van der Waals surface area contributed by atoms with E-state index >= 15 is 0 Å². The third kappa shape index (κ3) is 3.92. The van der Waals surface area contributed by atoms with E-state index in [1.807, 2.05) is 12.1 Å². The normalized spacial score (nSPS) is 10.0. The van der Waals surface area contributed by atoms with Crippen LogP contribution in [-0.2, 0) is 11.2 Å². The number of rotatable bonds is 4. The number of halogens is 2. The molecule has 0 bridgehead atoms. The van der Waals surface area contributed by atoms with Crippen molar-refractivity contribution < 1.29 is 4.79 Å². The Balaban J connectivity index is 2.54. The van der Waals surface area contributed by atoms with Crippen molar-refractivity contribution in [2.45, 2.75) is 12.8 Å². The minimum Gasteiger partial charge on any atom is -0.299 e. The summed E-state index contributed by atoms with van der Waals surface area (Å²) in [5.41, 5.74) is 1.02. The standard InChI is InChI=1S/C10H10BrClO/c11-6-5-10(13)7-8-1-3-9(12)4-2-8/h1-4H,5-7H2. The average molecular weight is 262 g/mol. The molecule has 0 radical (unpaired) electrons. The van der Waals surface area contributed by atoms with Crippen LogP contribution in [0.3, 0.4) is 0 Å². The molecule has 0 spiro atoms. The Hall–Kier alpha value is -0.340. The summed E-state index contributed by atoms with van der Waals surface area (Å²) in [6.07, 6.45) is 1.09. The van der Waals surface area contributed by atoms with Gasteiger partial charge in [0.15, 0.2) is 0 Å². The molecule has 0 fully saturated rings. The highest BCUT2D eigenvalue weighted by Gasteiger charge is 2.01. The molecule has 13 heavy (non-hydrogen) atoms. The first-order valence-corrected chi connectivity index (χ1v) is 5.54. The molecule has 0 unspecified atom stereocenters. The van der Waals surface area contributed by atoms with E-state index in [2.05, 4.69) is 15.9 Å². The predicted octanol–water partition coefficient (Wildman–Crippen LogP) is 3.24. The van der Waals surface area contributed by atoms with E-state index in [0.29, 0.717) is 17.9 Å². The van der Waals surface area contributed by atoms with Crippen LogP contribution in [0.4, 0.5) is 0 Å². The van der Waals surface area contributed by atoms with E-state index in [0.717, 1.165) is 10.9 Å². The monoisotopic (exact) mass is 260 g/mol. The molecular weight excluding hydrogens is 251 g/mol. The van der Waals surface area contributed by atoms with Crippen LogP contribution >= 0.6 is 27.5 Å². The Kier molecular flexibility index (Phi) is 4.46. The second-order valence-corrected chi connectivity index (χ2v) is 4.01. The summed E-state index contributed by atoms with van der Waals surface area (Å²) in [4.78, 5) is 11.2. The number of hydrogen-bond donors (Lipinski definition) is 0. The van der Waals surface area contributed by atoms with Crippen LogP contribution in [0, 0.1) is 0 Å². The zero-order valence-electron chi connectivity index (χ0n) is 7.09. The number of alkyl halides is 1. The molecule has 0 atom stereocenters. The Labute approximate surface area is 91.2 Å². The Morgan fingerprint density at radius 2 is 1.92 bits per heavy atom. The second-order valence-electron chi connectivity index (χ2n) is 2.78. The molecule has 0 N–H and O–H groups in total. The highest BCUT2D eigenvalue weighted by molar-refractivity contribution is 9.09. The summed E-state index contributed by atoms with van der Waals surface area (Å²) in [6.45, 7) is 0. The fourth-order valence-corrected chi connectivity index (χ4v) is 1.59. The molecule has 3 heteroatoms. The molecule has 1 aromatic rings. The maximum Gasteiger partial charge on any atom is 0.138 e. The van der Waals surface area contributed by atoms with E-state index in [1.54, 1.807) is 12.1 Å². The van der Waals surface area contributed by atoms with E-state index in [9.17, 15) is 4.79 Å². The van der Waals surface area contributed by atoms with Crippen LogP contribution in [0.2, 0.25) is 5.02 Å². The smallest absolute Gasteiger partial charge is 0.138 e. The minimum absolute atomic E-state index is 0.249. The van der Waals surface area contributed by atoms with Gasteiger partial charge in [0, 0.05) is 23.2 Å². The molecule has 70 valence electrons. The molecule has 0 amide bonds. The van der Waals surface area contributed by atoms with Gasteiger partial charge in [0.1, 0.15) is 5.78 Å². The highest BCUT2D eigenvalue weighted by Crippen LogP contribution is 2.10. The lowest BCUT2D eigenvalue weighted by molar-refractivity contribution is -0.118. The van der Waals surface area contributed by atoms with Gasteiger partial charge in [-0.2, -0.15) is 0 Å². The molecule has 0 aliphatic carbocycles. The van der Waals surface area contributed by atoms with Crippen molar-refractivity contribution in [1.82, 2.24) is 0 Å². The van der Waals surface area contributed by atoms with Gasteiger partial charge in [0.05, 0.1) is 0 Å². The van der Waals surface area contributed by atoms with Gasteiger partial charge in [-0.15, -0.1) is 0 Å². The van der Waals surface area contributed by atoms with E-state index in [1.165, 1.54) is 0 Å². The van der Waals surface area contributed by atoms with Crippen LogP contribution in [-0.4, -0.2) is 11.1 Å². The molecule has 0 saturated carbocycles. The molecular formula is C10H10BrClO. The molecule has 1 rings (SSSR count). The fourth-order valence-electron chi connectivity index (χ4n) is 1.02. The molecule has 0 saturated heterocycles. The van der Waals surface area contributed by atoms with Gasteiger partial charge < -0.3 is 0 Å². The van der Waals surface area contributed by atoms with Crippen LogP contribution in [0.1, 0.15) is 12.0 Å². The summed E-state index contributed by atoms with van der Waals surface area (Å²) in [7, 11) is 0. The highest BCUT2D eigenvalue weighted by atomic mass is 79.9. The summed E-state index contributed by atoms with van der Waals surface area (Å²) < 4.78 is 0. The number of carbonyl (C=O) groups excluding carboxylic acids is 1. The quantitative estimate of drug-likeness (QED) is 0.761. The van der Waals surface area contributed by atoms with Gasteiger partial charge in [-0.25, -0.2) is 0 Å². The van der Waals surface area contributed by atoms with Gasteiger partial charge >= 0.3 is 0 Å². The first-order valence-electron chi connectivity index (χ1n) is 4.04. The Morgan fingerprint density at radius 3 is 2.46 bits per heavy atom. The summed E-state index contributed by atoms with van der Waals surface area (Å²) in [6, 6.07) is 7.37. The lowest BCUT2D eigenvalue weighted by Crippen LogP contribution is -2.02. The fraction of sp³-hybridized carbons (Fsp3) is 0.300. The largest absolute Gasteiger partial charge is 0.299 e. The minimum atomic E-state index is 0.249. The third-order valence-corrected chi connectivity index (χ3v) is 2.34. The lowest BCUT2D eigenvalue weighted by Gasteiger charge is -1.99. The second kappa shape index (κ2) is 5.40. The van der Waals surface area contributed by atoms with Crippen molar-refractivity contribution in [3.63, 3.8) is 0 Å². The average Bonchev–Trinajstić information content (AvgIpc) is 2.09. The number of benzene rings is 1. The van der Waals surface area contributed by atoms with E-state index in [-0.39, 0.29) is 5.78 Å². The van der Waals surface area contributed by atoms with E-state index in [4.69, 9.17) is 11.6 Å². The molecule has 1 aromatic carbocycles. The van der Waals surface area contributed by atoms with E-state index < -0.39 is 0 Å². The molecule has 1 nitrogen and oxygen atoms in total. The van der Waals surface area contributed by atoms with Crippen LogP contribution in [0.15, 0.2) is 24.3 Å². The number of hydrogen-bond acceptors (Lipinski definition) is 1. The van der Waals surface area contributed by atoms with Gasteiger partial charge in [-0.05, 0) is 17.7 Å². The Morgan fingerprint density at radius 1 is 1.31 bits per heavy atom. The topological polar surface area (TPSA) is 17.1 Å².